The summed E-state index contributed by atoms with van der Waals surface area (Å²) < 4.78 is 5.79. The number of hydrogen-bond donors (Lipinski definition) is 1. The van der Waals surface area contributed by atoms with E-state index in [2.05, 4.69) is 6.92 Å². The van der Waals surface area contributed by atoms with Gasteiger partial charge in [-0.1, -0.05) is 39.0 Å². The molecule has 0 aromatic heterocycles. The minimum Gasteiger partial charge on any atom is -0.365 e. The van der Waals surface area contributed by atoms with Gasteiger partial charge in [0.1, 0.15) is 0 Å². The summed E-state index contributed by atoms with van der Waals surface area (Å²) in [6, 6.07) is 0. The first-order chi connectivity index (χ1) is 8.24. The summed E-state index contributed by atoms with van der Waals surface area (Å²) in [5, 5.41) is 10.4. The molecule has 2 nitrogen and oxygen atoms in total. The molecule has 0 saturated heterocycles. The Kier molecular flexibility index (Phi) is 4.87. The fraction of sp³-hybridized carbons (Fsp3) is 1.00. The molecule has 0 heterocycles. The second kappa shape index (κ2) is 6.19. The highest BCUT2D eigenvalue weighted by Crippen LogP contribution is 2.51. The number of unbranched alkanes of at least 4 members (excludes halogenated alkanes) is 5. The van der Waals surface area contributed by atoms with Crippen LogP contribution in [0, 0.1) is 11.8 Å². The highest BCUT2D eigenvalue weighted by Gasteiger charge is 2.50. The smallest absolute Gasteiger partial charge is 0.168 e. The summed E-state index contributed by atoms with van der Waals surface area (Å²) in [7, 11) is 0. The predicted molar refractivity (Wildman–Crippen MR) is 69.7 cm³/mol. The summed E-state index contributed by atoms with van der Waals surface area (Å²) in [6.07, 6.45) is 12.3. The van der Waals surface area contributed by atoms with Gasteiger partial charge in [-0.25, -0.2) is 0 Å². The lowest BCUT2D eigenvalue weighted by Crippen LogP contribution is -2.38. The van der Waals surface area contributed by atoms with E-state index in [9.17, 15) is 5.11 Å². The minimum atomic E-state index is -0.744. The van der Waals surface area contributed by atoms with Crippen molar-refractivity contribution >= 4 is 0 Å². The molecule has 100 valence electrons. The Morgan fingerprint density at radius 1 is 1.12 bits per heavy atom. The van der Waals surface area contributed by atoms with E-state index in [1.165, 1.54) is 51.4 Å². The molecule has 2 fully saturated rings. The lowest BCUT2D eigenvalue weighted by Gasteiger charge is -2.32. The maximum atomic E-state index is 10.4. The van der Waals surface area contributed by atoms with Crippen LogP contribution in [-0.2, 0) is 4.74 Å². The van der Waals surface area contributed by atoms with Gasteiger partial charge >= 0.3 is 0 Å². The Labute approximate surface area is 106 Å². The quantitative estimate of drug-likeness (QED) is 0.515. The van der Waals surface area contributed by atoms with Crippen molar-refractivity contribution in [3.05, 3.63) is 0 Å². The monoisotopic (exact) mass is 240 g/mol. The Morgan fingerprint density at radius 3 is 2.53 bits per heavy atom. The maximum absolute atomic E-state index is 10.4. The van der Waals surface area contributed by atoms with Crippen LogP contribution in [0.15, 0.2) is 0 Å². The summed E-state index contributed by atoms with van der Waals surface area (Å²) in [6.45, 7) is 3.00. The zero-order valence-electron chi connectivity index (χ0n) is 11.3. The minimum absolute atomic E-state index is 0.438. The van der Waals surface area contributed by atoms with Crippen LogP contribution in [0.1, 0.15) is 71.1 Å². The van der Waals surface area contributed by atoms with E-state index in [1.807, 2.05) is 0 Å². The van der Waals surface area contributed by atoms with Gasteiger partial charge in [-0.3, -0.25) is 0 Å². The normalized spacial score (nSPS) is 35.6. The fourth-order valence-electron chi connectivity index (χ4n) is 3.56. The van der Waals surface area contributed by atoms with Gasteiger partial charge in [-0.2, -0.15) is 0 Å². The maximum Gasteiger partial charge on any atom is 0.168 e. The van der Waals surface area contributed by atoms with Crippen LogP contribution in [0.25, 0.3) is 0 Å². The SMILES string of the molecule is CCCCCCCCOC1(O)CC2CCC1C2. The topological polar surface area (TPSA) is 29.5 Å². The molecule has 0 aromatic carbocycles. The lowest BCUT2D eigenvalue weighted by atomic mass is 9.94. The van der Waals surface area contributed by atoms with Crippen molar-refractivity contribution in [1.29, 1.82) is 0 Å². The Balaban J connectivity index is 1.53. The van der Waals surface area contributed by atoms with Crippen molar-refractivity contribution in [1.82, 2.24) is 0 Å². The molecule has 0 amide bonds. The van der Waals surface area contributed by atoms with Crippen molar-refractivity contribution < 1.29 is 9.84 Å². The van der Waals surface area contributed by atoms with Gasteiger partial charge in [-0.05, 0) is 31.6 Å². The molecule has 2 bridgehead atoms. The molecule has 2 saturated carbocycles. The second-order valence-electron chi connectivity index (χ2n) is 6.04. The zero-order valence-corrected chi connectivity index (χ0v) is 11.3. The molecule has 0 radical (unpaired) electrons. The van der Waals surface area contributed by atoms with Crippen LogP contribution < -0.4 is 0 Å². The van der Waals surface area contributed by atoms with Crippen molar-refractivity contribution in [2.45, 2.75) is 76.9 Å². The predicted octanol–water partition coefficient (Wildman–Crippen LogP) is 3.87. The molecule has 2 rings (SSSR count). The van der Waals surface area contributed by atoms with Gasteiger partial charge in [0.05, 0.1) is 6.61 Å². The highest BCUT2D eigenvalue weighted by atomic mass is 16.6. The van der Waals surface area contributed by atoms with Crippen molar-refractivity contribution in [3.63, 3.8) is 0 Å². The first-order valence-corrected chi connectivity index (χ1v) is 7.61. The van der Waals surface area contributed by atoms with Gasteiger partial charge in [0.15, 0.2) is 5.79 Å². The van der Waals surface area contributed by atoms with Gasteiger partial charge in [0, 0.05) is 12.3 Å². The van der Waals surface area contributed by atoms with Gasteiger partial charge in [0.2, 0.25) is 0 Å². The van der Waals surface area contributed by atoms with Crippen LogP contribution >= 0.6 is 0 Å². The van der Waals surface area contributed by atoms with E-state index in [0.717, 1.165) is 25.4 Å². The van der Waals surface area contributed by atoms with Gasteiger partial charge in [-0.15, -0.1) is 0 Å². The molecule has 0 aromatic rings. The lowest BCUT2D eigenvalue weighted by molar-refractivity contribution is -0.232. The van der Waals surface area contributed by atoms with E-state index < -0.39 is 5.79 Å². The molecule has 17 heavy (non-hydrogen) atoms. The molecule has 2 aliphatic rings. The molecular formula is C15H28O2. The molecule has 1 N–H and O–H groups in total. The van der Waals surface area contributed by atoms with Gasteiger partial charge < -0.3 is 9.84 Å². The van der Waals surface area contributed by atoms with E-state index in [4.69, 9.17) is 4.74 Å². The van der Waals surface area contributed by atoms with Crippen LogP contribution in [0.3, 0.4) is 0 Å². The van der Waals surface area contributed by atoms with E-state index in [0.29, 0.717) is 5.92 Å². The van der Waals surface area contributed by atoms with Crippen LogP contribution in [0.2, 0.25) is 0 Å². The second-order valence-corrected chi connectivity index (χ2v) is 6.04. The summed E-state index contributed by atoms with van der Waals surface area (Å²) in [4.78, 5) is 0. The zero-order chi connectivity index (χ0) is 12.1. The highest BCUT2D eigenvalue weighted by molar-refractivity contribution is 4.95. The number of rotatable bonds is 8. The Bertz CT molecular complexity index is 229. The molecule has 2 heteroatoms. The third kappa shape index (κ3) is 3.45. The molecule has 3 unspecified atom stereocenters. The number of ether oxygens (including phenoxy) is 1. The first-order valence-electron chi connectivity index (χ1n) is 7.61. The van der Waals surface area contributed by atoms with Crippen molar-refractivity contribution in [2.75, 3.05) is 6.61 Å². The van der Waals surface area contributed by atoms with Crippen LogP contribution in [0.5, 0.6) is 0 Å². The molecule has 0 spiro atoms. The summed E-state index contributed by atoms with van der Waals surface area (Å²) in [5.74, 6) is 0.439. The standard InChI is InChI=1S/C15H28O2/c1-2-3-4-5-6-7-10-17-15(16)12-13-8-9-14(15)11-13/h13-14,16H,2-12H2,1H3. The van der Waals surface area contributed by atoms with E-state index in [-0.39, 0.29) is 0 Å². The number of fused-ring (bicyclic) bond motifs is 2. The Hall–Kier alpha value is -0.0800. The molecule has 3 atom stereocenters. The Morgan fingerprint density at radius 2 is 1.88 bits per heavy atom. The van der Waals surface area contributed by atoms with Crippen LogP contribution in [0.4, 0.5) is 0 Å². The molecular weight excluding hydrogens is 212 g/mol. The third-order valence-corrected chi connectivity index (χ3v) is 4.61. The van der Waals surface area contributed by atoms with Crippen molar-refractivity contribution in [3.8, 4) is 0 Å². The largest absolute Gasteiger partial charge is 0.365 e. The fourth-order valence-corrected chi connectivity index (χ4v) is 3.56. The van der Waals surface area contributed by atoms with E-state index in [1.54, 1.807) is 0 Å². The van der Waals surface area contributed by atoms with E-state index >= 15 is 0 Å². The molecule has 2 aliphatic carbocycles. The summed E-state index contributed by atoms with van der Waals surface area (Å²) in [5.41, 5.74) is 0. The summed E-state index contributed by atoms with van der Waals surface area (Å²) >= 11 is 0. The molecule has 0 aliphatic heterocycles. The third-order valence-electron chi connectivity index (χ3n) is 4.61. The van der Waals surface area contributed by atoms with Crippen molar-refractivity contribution in [2.24, 2.45) is 11.8 Å². The first kappa shape index (κ1) is 13.4. The average Bonchev–Trinajstić information content (AvgIpc) is 2.88. The van der Waals surface area contributed by atoms with Gasteiger partial charge in [0.25, 0.3) is 0 Å². The number of aliphatic hydroxyl groups is 1. The average molecular weight is 240 g/mol. The van der Waals surface area contributed by atoms with Crippen LogP contribution in [-0.4, -0.2) is 17.5 Å². The number of hydrogen-bond acceptors (Lipinski definition) is 2.